The van der Waals surface area contributed by atoms with E-state index in [4.69, 9.17) is 19.4 Å². The second-order valence-corrected chi connectivity index (χ2v) is 19.6. The number of ether oxygens (including phenoxy) is 2. The molecule has 1 saturated carbocycles. The van der Waals surface area contributed by atoms with Crippen LogP contribution >= 0.6 is 0 Å². The van der Waals surface area contributed by atoms with Crippen LogP contribution in [0.4, 0.5) is 9.59 Å². The monoisotopic (exact) mass is 922 g/mol. The Balaban J connectivity index is 0.942. The maximum Gasteiger partial charge on any atom is 0.407 e. The number of imidazole rings is 2. The Labute approximate surface area is 397 Å². The minimum Gasteiger partial charge on any atom is -0.453 e. The zero-order valence-corrected chi connectivity index (χ0v) is 39.8. The summed E-state index contributed by atoms with van der Waals surface area (Å²) in [4.78, 5) is 86.3. The molecule has 4 N–H and O–H groups in total. The molecule has 2 aliphatic heterocycles. The number of alkyl carbamates (subject to hydrolysis) is 2. The van der Waals surface area contributed by atoms with Gasteiger partial charge in [0, 0.05) is 24.1 Å². The lowest BCUT2D eigenvalue weighted by atomic mass is 9.81. The lowest BCUT2D eigenvalue weighted by Gasteiger charge is -2.30. The zero-order valence-electron chi connectivity index (χ0n) is 39.8. The van der Waals surface area contributed by atoms with Crippen LogP contribution in [0.3, 0.4) is 0 Å². The lowest BCUT2D eigenvalue weighted by molar-refractivity contribution is -0.136. The molecule has 5 aromatic rings. The van der Waals surface area contributed by atoms with Gasteiger partial charge in [0.1, 0.15) is 23.7 Å². The summed E-state index contributed by atoms with van der Waals surface area (Å²) in [6.45, 7) is 8.76. The Morgan fingerprint density at radius 2 is 1.06 bits per heavy atom. The zero-order chi connectivity index (χ0) is 47.9. The van der Waals surface area contributed by atoms with Crippen LogP contribution in [0.25, 0.3) is 44.8 Å². The third kappa shape index (κ3) is 8.67. The van der Waals surface area contributed by atoms with Gasteiger partial charge >= 0.3 is 12.2 Å². The van der Waals surface area contributed by atoms with Crippen molar-refractivity contribution >= 4 is 29.8 Å². The minimum atomic E-state index is -0.710. The topological polar surface area (TPSA) is 192 Å². The number of H-pyrrole nitrogens is 2. The van der Waals surface area contributed by atoms with Crippen molar-refractivity contribution in [1.29, 1.82) is 0 Å². The quantitative estimate of drug-likeness (QED) is 0.0945. The number of carbonyl (C=O) groups excluding carboxylic acids is 5. The standard InChI is InChI=1S/C53H62N8O7/c1-30(2)44(58-51(65)67-5)49(63)60-25-9-11-41(60)47-54-28-39(56-47)34-17-13-32(14-18-34)36-21-22-37(43-38(36)27-53(46(43)62)23-7-8-24-53)33-15-19-35(20-16-33)40-29-55-48(57-40)42-12-10-26-61(42)50(64)45(31(3)4)59-52(66)68-6/h13-22,28-31,41-42,44-45H,7-12,23-27H2,1-6H3,(H,54,56)(H,55,57)(H,58,65)(H,59,66)/t41-,42-,44-,45-/m0/s1. The van der Waals surface area contributed by atoms with Crippen LogP contribution in [0.5, 0.6) is 0 Å². The predicted molar refractivity (Wildman–Crippen MR) is 257 cm³/mol. The number of nitrogens with zero attached hydrogens (tertiary/aromatic N) is 4. The number of amides is 4. The van der Waals surface area contributed by atoms with Crippen molar-refractivity contribution in [2.24, 2.45) is 17.3 Å². The van der Waals surface area contributed by atoms with E-state index in [-0.39, 0.29) is 46.9 Å². The molecule has 15 nitrogen and oxygen atoms in total. The summed E-state index contributed by atoms with van der Waals surface area (Å²) >= 11 is 0. The van der Waals surface area contributed by atoms with Crippen molar-refractivity contribution in [1.82, 2.24) is 40.4 Å². The number of fused-ring (bicyclic) bond motifs is 1. The Morgan fingerprint density at radius 1 is 0.632 bits per heavy atom. The molecule has 68 heavy (non-hydrogen) atoms. The van der Waals surface area contributed by atoms with Gasteiger partial charge in [-0.05, 0) is 95.7 Å². The molecule has 356 valence electrons. The molecule has 2 aromatic heterocycles. The Hall–Kier alpha value is -6.77. The Bertz CT molecular complexity index is 2700. The van der Waals surface area contributed by atoms with Crippen LogP contribution in [0.1, 0.15) is 119 Å². The summed E-state index contributed by atoms with van der Waals surface area (Å²) in [5.74, 6) is 1.12. The fourth-order valence-electron chi connectivity index (χ4n) is 11.1. The highest BCUT2D eigenvalue weighted by Gasteiger charge is 2.49. The van der Waals surface area contributed by atoms with Gasteiger partial charge in [0.2, 0.25) is 11.8 Å². The Kier molecular flexibility index (Phi) is 13.0. The number of likely N-dealkylation sites (tertiary alicyclic amines) is 2. The number of rotatable bonds is 12. The first-order chi connectivity index (χ1) is 32.8. The van der Waals surface area contributed by atoms with Gasteiger partial charge in [0.25, 0.3) is 0 Å². The molecule has 2 saturated heterocycles. The molecular formula is C53H62N8O7. The first-order valence-electron chi connectivity index (χ1n) is 24.1. The fourth-order valence-corrected chi connectivity index (χ4v) is 11.1. The van der Waals surface area contributed by atoms with E-state index in [0.717, 1.165) is 114 Å². The molecule has 0 unspecified atom stereocenters. The van der Waals surface area contributed by atoms with Crippen molar-refractivity contribution in [2.45, 2.75) is 110 Å². The van der Waals surface area contributed by atoms with Crippen molar-refractivity contribution < 1.29 is 33.4 Å². The predicted octanol–water partition coefficient (Wildman–Crippen LogP) is 9.19. The van der Waals surface area contributed by atoms with Gasteiger partial charge in [-0.1, -0.05) is 101 Å². The van der Waals surface area contributed by atoms with Gasteiger partial charge in [-0.3, -0.25) is 14.4 Å². The molecule has 4 atom stereocenters. The van der Waals surface area contributed by atoms with Gasteiger partial charge in [-0.25, -0.2) is 19.6 Å². The highest BCUT2D eigenvalue weighted by atomic mass is 16.5. The smallest absolute Gasteiger partial charge is 0.407 e. The Morgan fingerprint density at radius 3 is 1.50 bits per heavy atom. The number of methoxy groups -OCH3 is 2. The second-order valence-electron chi connectivity index (χ2n) is 19.6. The molecule has 3 fully saturated rings. The summed E-state index contributed by atoms with van der Waals surface area (Å²) in [5.41, 5.74) is 9.15. The molecular weight excluding hydrogens is 861 g/mol. The third-order valence-corrected chi connectivity index (χ3v) is 14.8. The van der Waals surface area contributed by atoms with Crippen LogP contribution in [0.15, 0.2) is 73.1 Å². The van der Waals surface area contributed by atoms with E-state index in [1.807, 2.05) is 43.7 Å². The number of aromatic nitrogens is 4. The number of carbonyl (C=O) groups is 5. The van der Waals surface area contributed by atoms with Gasteiger partial charge < -0.3 is 39.9 Å². The molecule has 4 heterocycles. The van der Waals surface area contributed by atoms with Crippen LogP contribution in [0, 0.1) is 17.3 Å². The normalized spacial score (nSPS) is 19.4. The number of Topliss-reactive ketones (excluding diaryl/α,β-unsaturated/α-hetero) is 1. The van der Waals surface area contributed by atoms with Crippen LogP contribution < -0.4 is 10.6 Å². The van der Waals surface area contributed by atoms with Crippen LogP contribution in [0.2, 0.25) is 0 Å². The van der Waals surface area contributed by atoms with E-state index >= 15 is 0 Å². The summed E-state index contributed by atoms with van der Waals surface area (Å²) < 4.78 is 9.59. The van der Waals surface area contributed by atoms with Crippen molar-refractivity contribution in [2.75, 3.05) is 27.3 Å². The molecule has 3 aromatic carbocycles. The molecule has 4 amide bonds. The highest BCUT2D eigenvalue weighted by Crippen LogP contribution is 2.53. The van der Waals surface area contributed by atoms with Crippen LogP contribution in [-0.4, -0.2) is 98.9 Å². The molecule has 0 bridgehead atoms. The van der Waals surface area contributed by atoms with Crippen LogP contribution in [-0.2, 0) is 25.5 Å². The van der Waals surface area contributed by atoms with E-state index < -0.39 is 24.3 Å². The summed E-state index contributed by atoms with van der Waals surface area (Å²) in [6, 6.07) is 19.0. The first-order valence-corrected chi connectivity index (χ1v) is 24.1. The number of nitrogens with one attached hydrogen (secondary N) is 4. The minimum absolute atomic E-state index is 0.122. The summed E-state index contributed by atoms with van der Waals surface area (Å²) in [6.07, 6.45) is 10.2. The SMILES string of the molecule is COC(=O)N[C@H](C(=O)N1CCC[C@H]1c1ncc(-c2ccc(-c3ccc(-c4ccc(-c5cnc([C@@H]6CCCN6C(=O)[C@@H](NC(=O)OC)C(C)C)[nH]5)cc4)c4c3CC3(CCCC3)C4=O)cc2)[nH]1)C(C)C. The van der Waals surface area contributed by atoms with Crippen molar-refractivity contribution in [3.05, 3.63) is 95.8 Å². The van der Waals surface area contributed by atoms with Crippen molar-refractivity contribution in [3.8, 4) is 44.8 Å². The number of benzene rings is 3. The highest BCUT2D eigenvalue weighted by molar-refractivity contribution is 6.11. The molecule has 4 aliphatic rings. The maximum atomic E-state index is 14.7. The van der Waals surface area contributed by atoms with Gasteiger partial charge in [0.15, 0.2) is 5.78 Å². The van der Waals surface area contributed by atoms with Gasteiger partial charge in [-0.2, -0.15) is 0 Å². The first kappa shape index (κ1) is 46.3. The van der Waals surface area contributed by atoms with E-state index in [0.29, 0.717) is 24.7 Å². The van der Waals surface area contributed by atoms with Gasteiger partial charge in [0.05, 0.1) is 50.1 Å². The number of hydrogen-bond acceptors (Lipinski definition) is 9. The molecule has 1 spiro atoms. The average Bonchev–Trinajstić information content (AvgIpc) is 4.22. The maximum absolute atomic E-state index is 14.7. The molecule has 15 heteroatoms. The van der Waals surface area contributed by atoms with Crippen molar-refractivity contribution in [3.63, 3.8) is 0 Å². The number of ketones is 1. The molecule has 9 rings (SSSR count). The van der Waals surface area contributed by atoms with E-state index in [1.54, 1.807) is 6.20 Å². The largest absolute Gasteiger partial charge is 0.453 e. The molecule has 0 radical (unpaired) electrons. The van der Waals surface area contributed by atoms with E-state index in [9.17, 15) is 24.0 Å². The lowest BCUT2D eigenvalue weighted by Crippen LogP contribution is -2.51. The third-order valence-electron chi connectivity index (χ3n) is 14.8. The average molecular weight is 923 g/mol. The molecule has 2 aliphatic carbocycles. The second kappa shape index (κ2) is 19.1. The van der Waals surface area contributed by atoms with E-state index in [1.165, 1.54) is 14.2 Å². The summed E-state index contributed by atoms with van der Waals surface area (Å²) in [7, 11) is 2.58. The fraction of sp³-hybridized carbons (Fsp3) is 0.453. The number of aromatic amines is 2. The summed E-state index contributed by atoms with van der Waals surface area (Å²) in [5, 5.41) is 5.42. The number of hydrogen-bond donors (Lipinski definition) is 4. The van der Waals surface area contributed by atoms with Gasteiger partial charge in [-0.15, -0.1) is 0 Å². The van der Waals surface area contributed by atoms with E-state index in [2.05, 4.69) is 81.3 Å².